The first kappa shape index (κ1) is 31.5. The fourth-order valence-corrected chi connectivity index (χ4v) is 3.23. The molecule has 15 heteroatoms. The number of carboxylic acid groups (broad SMARTS) is 4. The Morgan fingerprint density at radius 1 is 0.658 bits per heavy atom. The topological polar surface area (TPSA) is 263 Å². The Hall–Kier alpha value is -4.53. The van der Waals surface area contributed by atoms with Crippen molar-refractivity contribution in [3.05, 3.63) is 35.9 Å². The van der Waals surface area contributed by atoms with Gasteiger partial charge in [-0.3, -0.25) is 28.8 Å². The second-order valence-corrected chi connectivity index (χ2v) is 8.28. The number of hydrogen-bond donors (Lipinski definition) is 8. The van der Waals surface area contributed by atoms with Crippen LogP contribution < -0.4 is 21.7 Å². The average molecular weight is 539 g/mol. The van der Waals surface area contributed by atoms with Crippen molar-refractivity contribution < 1.29 is 54.0 Å². The van der Waals surface area contributed by atoms with Crippen LogP contribution in [0.15, 0.2) is 30.3 Å². The van der Waals surface area contributed by atoms with E-state index >= 15 is 0 Å². The molecule has 0 aliphatic carbocycles. The van der Waals surface area contributed by atoms with Gasteiger partial charge in [0.05, 0.1) is 12.5 Å². The highest BCUT2D eigenvalue weighted by molar-refractivity contribution is 5.95. The molecule has 0 aliphatic heterocycles. The third-order valence-corrected chi connectivity index (χ3v) is 5.19. The van der Waals surface area contributed by atoms with Gasteiger partial charge in [-0.2, -0.15) is 0 Å². The number of benzene rings is 1. The van der Waals surface area contributed by atoms with Crippen molar-refractivity contribution in [2.45, 2.75) is 62.7 Å². The highest BCUT2D eigenvalue weighted by Gasteiger charge is 2.32. The summed E-state index contributed by atoms with van der Waals surface area (Å²) in [6.07, 6.45) is -3.07. The maximum atomic E-state index is 12.8. The number of nitrogens with two attached hydrogens (primary N) is 1. The summed E-state index contributed by atoms with van der Waals surface area (Å²) < 4.78 is 0. The normalized spacial score (nSPS) is 13.7. The van der Waals surface area contributed by atoms with Crippen molar-refractivity contribution in [2.24, 2.45) is 5.73 Å². The molecule has 15 nitrogen and oxygen atoms in total. The monoisotopic (exact) mass is 538 g/mol. The van der Waals surface area contributed by atoms with Crippen molar-refractivity contribution in [1.82, 2.24) is 16.0 Å². The van der Waals surface area contributed by atoms with E-state index in [1.54, 1.807) is 30.3 Å². The number of carbonyl (C=O) groups excluding carboxylic acids is 3. The molecule has 208 valence electrons. The van der Waals surface area contributed by atoms with E-state index in [0.717, 1.165) is 0 Å². The minimum atomic E-state index is -1.70. The number of amides is 3. The summed E-state index contributed by atoms with van der Waals surface area (Å²) in [6, 6.07) is 2.46. The van der Waals surface area contributed by atoms with Gasteiger partial charge < -0.3 is 42.1 Å². The van der Waals surface area contributed by atoms with Gasteiger partial charge in [0.15, 0.2) is 0 Å². The Kier molecular flexibility index (Phi) is 12.9. The number of nitrogens with one attached hydrogen (secondary N) is 3. The first-order chi connectivity index (χ1) is 17.8. The van der Waals surface area contributed by atoms with Crippen molar-refractivity contribution in [2.75, 3.05) is 0 Å². The van der Waals surface area contributed by atoms with Gasteiger partial charge in [-0.05, 0) is 24.8 Å². The van der Waals surface area contributed by atoms with Gasteiger partial charge in [-0.25, -0.2) is 4.79 Å². The van der Waals surface area contributed by atoms with Gasteiger partial charge in [0.25, 0.3) is 0 Å². The molecule has 0 spiro atoms. The van der Waals surface area contributed by atoms with Crippen molar-refractivity contribution >= 4 is 41.6 Å². The lowest BCUT2D eigenvalue weighted by atomic mass is 10.0. The summed E-state index contributed by atoms with van der Waals surface area (Å²) in [5.41, 5.74) is 6.58. The van der Waals surface area contributed by atoms with Crippen LogP contribution in [0, 0.1) is 0 Å². The lowest BCUT2D eigenvalue weighted by Crippen LogP contribution is -2.57. The van der Waals surface area contributed by atoms with Crippen LogP contribution in [0.4, 0.5) is 0 Å². The zero-order chi connectivity index (χ0) is 28.8. The fraction of sp³-hybridized carbons (Fsp3) is 0.435. The minimum Gasteiger partial charge on any atom is -0.481 e. The summed E-state index contributed by atoms with van der Waals surface area (Å²) in [7, 11) is 0. The summed E-state index contributed by atoms with van der Waals surface area (Å²) in [6.45, 7) is 0. The fourth-order valence-electron chi connectivity index (χ4n) is 3.23. The van der Waals surface area contributed by atoms with E-state index in [-0.39, 0.29) is 6.42 Å². The predicted molar refractivity (Wildman–Crippen MR) is 128 cm³/mol. The van der Waals surface area contributed by atoms with Crippen LogP contribution in [0.1, 0.15) is 37.7 Å². The summed E-state index contributed by atoms with van der Waals surface area (Å²) >= 11 is 0. The quantitative estimate of drug-likeness (QED) is 0.110. The molecule has 0 saturated heterocycles. The number of carbonyl (C=O) groups is 7. The molecule has 0 heterocycles. The van der Waals surface area contributed by atoms with Crippen LogP contribution in [-0.2, 0) is 40.0 Å². The minimum absolute atomic E-state index is 0.0741. The van der Waals surface area contributed by atoms with Gasteiger partial charge in [0.1, 0.15) is 18.1 Å². The highest BCUT2D eigenvalue weighted by atomic mass is 16.4. The lowest BCUT2D eigenvalue weighted by molar-refractivity contribution is -0.144. The van der Waals surface area contributed by atoms with Crippen molar-refractivity contribution in [3.8, 4) is 0 Å². The molecule has 4 unspecified atom stereocenters. The molecule has 3 amide bonds. The number of rotatable bonds is 17. The number of hydrogen-bond acceptors (Lipinski definition) is 8. The number of carboxylic acids is 4. The van der Waals surface area contributed by atoms with E-state index in [1.807, 2.05) is 5.32 Å². The zero-order valence-electron chi connectivity index (χ0n) is 20.2. The van der Waals surface area contributed by atoms with Crippen LogP contribution >= 0.6 is 0 Å². The molecular weight excluding hydrogens is 508 g/mol. The standard InChI is InChI=1S/C23H30N4O11/c24-13(10-12-4-2-1-3-5-12)20(34)27-16(11-19(32)33)22(36)25-14(6-8-17(28)29)21(35)26-15(23(37)38)7-9-18(30)31/h1-5,13-16H,6-11,24H2,(H,25,36)(H,26,35)(H,27,34)(H,28,29)(H,30,31)(H,32,33)(H,37,38). The molecule has 4 atom stereocenters. The molecule has 0 saturated carbocycles. The maximum Gasteiger partial charge on any atom is 0.326 e. The van der Waals surface area contributed by atoms with Gasteiger partial charge in [0.2, 0.25) is 17.7 Å². The molecule has 1 aromatic carbocycles. The molecule has 0 aromatic heterocycles. The first-order valence-electron chi connectivity index (χ1n) is 11.4. The second-order valence-electron chi connectivity index (χ2n) is 8.28. The summed E-state index contributed by atoms with van der Waals surface area (Å²) in [4.78, 5) is 82.5. The highest BCUT2D eigenvalue weighted by Crippen LogP contribution is 2.06. The van der Waals surface area contributed by atoms with E-state index < -0.39 is 97.9 Å². The van der Waals surface area contributed by atoms with Crippen LogP contribution in [0.5, 0.6) is 0 Å². The third-order valence-electron chi connectivity index (χ3n) is 5.19. The molecule has 9 N–H and O–H groups in total. The lowest BCUT2D eigenvalue weighted by Gasteiger charge is -2.24. The van der Waals surface area contributed by atoms with Crippen LogP contribution in [0.3, 0.4) is 0 Å². The molecule has 1 rings (SSSR count). The molecule has 0 fully saturated rings. The van der Waals surface area contributed by atoms with Gasteiger partial charge in [-0.15, -0.1) is 0 Å². The SMILES string of the molecule is NC(Cc1ccccc1)C(=O)NC(CC(=O)O)C(=O)NC(CCC(=O)O)C(=O)NC(CCC(=O)O)C(=O)O. The molecule has 0 radical (unpaired) electrons. The second kappa shape index (κ2) is 15.6. The zero-order valence-corrected chi connectivity index (χ0v) is 20.2. The average Bonchev–Trinajstić information content (AvgIpc) is 2.83. The maximum absolute atomic E-state index is 12.8. The molecule has 0 bridgehead atoms. The van der Waals surface area contributed by atoms with Crippen molar-refractivity contribution in [1.29, 1.82) is 0 Å². The van der Waals surface area contributed by atoms with Crippen LogP contribution in [-0.4, -0.2) is 86.2 Å². The Morgan fingerprint density at radius 2 is 1.13 bits per heavy atom. The smallest absolute Gasteiger partial charge is 0.326 e. The molecular formula is C23H30N4O11. The Balaban J connectivity index is 3.00. The van der Waals surface area contributed by atoms with Crippen LogP contribution in [0.2, 0.25) is 0 Å². The molecule has 1 aromatic rings. The van der Waals surface area contributed by atoms with Crippen molar-refractivity contribution in [3.63, 3.8) is 0 Å². The Morgan fingerprint density at radius 3 is 1.63 bits per heavy atom. The summed E-state index contributed by atoms with van der Waals surface area (Å²) in [5.74, 6) is -8.87. The molecule has 0 aliphatic rings. The Labute approximate surface area is 216 Å². The predicted octanol–water partition coefficient (Wildman–Crippen LogP) is -1.70. The third kappa shape index (κ3) is 11.9. The van der Waals surface area contributed by atoms with E-state index in [0.29, 0.717) is 5.56 Å². The largest absolute Gasteiger partial charge is 0.481 e. The van der Waals surface area contributed by atoms with Crippen LogP contribution in [0.25, 0.3) is 0 Å². The van der Waals surface area contributed by atoms with E-state index in [4.69, 9.17) is 15.9 Å². The van der Waals surface area contributed by atoms with Gasteiger partial charge >= 0.3 is 23.9 Å². The van der Waals surface area contributed by atoms with E-state index in [2.05, 4.69) is 10.6 Å². The first-order valence-corrected chi connectivity index (χ1v) is 11.4. The Bertz CT molecular complexity index is 1030. The van der Waals surface area contributed by atoms with Gasteiger partial charge in [0, 0.05) is 12.8 Å². The van der Waals surface area contributed by atoms with E-state index in [9.17, 15) is 43.8 Å². The summed E-state index contributed by atoms with van der Waals surface area (Å²) in [5, 5.41) is 42.5. The molecule has 38 heavy (non-hydrogen) atoms. The number of aliphatic carboxylic acids is 4. The van der Waals surface area contributed by atoms with E-state index in [1.165, 1.54) is 0 Å². The van der Waals surface area contributed by atoms with Gasteiger partial charge in [-0.1, -0.05) is 30.3 Å².